The van der Waals surface area contributed by atoms with Gasteiger partial charge in [-0.05, 0) is 51.4 Å². The van der Waals surface area contributed by atoms with E-state index >= 15 is 0 Å². The summed E-state index contributed by atoms with van der Waals surface area (Å²) in [6, 6.07) is 0. The maximum Gasteiger partial charge on any atom is 0.306 e. The fourth-order valence-corrected chi connectivity index (χ4v) is 6.97. The minimum atomic E-state index is -0.834. The smallest absolute Gasteiger partial charge is 0.306 e. The number of allylic oxidation sites excluding steroid dienone is 22. The molecule has 0 bridgehead atoms. The van der Waals surface area contributed by atoms with Crippen LogP contribution >= 0.6 is 0 Å². The topological polar surface area (TPSA) is 78.9 Å². The van der Waals surface area contributed by atoms with E-state index in [4.69, 9.17) is 14.2 Å². The van der Waals surface area contributed by atoms with Crippen molar-refractivity contribution in [2.75, 3.05) is 13.2 Å². The van der Waals surface area contributed by atoms with Gasteiger partial charge >= 0.3 is 17.9 Å². The second-order valence-electron chi connectivity index (χ2n) is 17.3. The number of carbonyl (C=O) groups is 3. The van der Waals surface area contributed by atoms with Crippen molar-refractivity contribution in [3.63, 3.8) is 0 Å². The fraction of sp³-hybridized carbons (Fsp3) is 0.590. The molecule has 0 aliphatic carbocycles. The first kappa shape index (κ1) is 62.5. The Morgan fingerprint density at radius 1 is 0.313 bits per heavy atom. The second-order valence-corrected chi connectivity index (χ2v) is 17.3. The average molecular weight is 925 g/mol. The molecule has 67 heavy (non-hydrogen) atoms. The van der Waals surface area contributed by atoms with Crippen LogP contribution in [0.1, 0.15) is 213 Å². The Hall–Kier alpha value is -4.45. The number of rotatable bonds is 46. The Labute approximate surface area is 411 Å². The standard InChI is InChI=1S/C61H96O6/c1-4-7-10-13-16-19-22-25-27-29-30-32-33-36-39-42-45-48-51-54-60(63)66-57-58(56-65-59(62)53-50-47-44-41-38-35-24-21-18-15-12-9-6-3)67-61(64)55-52-49-46-43-40-37-34-31-28-26-23-20-17-14-11-8-5-2/h8-9,11-12,14-15,17-18,20-21,23-24,26,28,31,34-35,37-38,40-41,44,58H,4-7,10,13,16,19,22,25,27,29-30,32-33,36,39,42-43,45-57H2,1-3H3/b11-8+,12-9+,17-14+,18-15+,23-20+,24-21+,28-26+,34-31+,38-35+,40-37+,44-41+. The van der Waals surface area contributed by atoms with Crippen LogP contribution in [0.3, 0.4) is 0 Å². The van der Waals surface area contributed by atoms with Gasteiger partial charge in [0.05, 0.1) is 0 Å². The quantitative estimate of drug-likeness (QED) is 0.0262. The van der Waals surface area contributed by atoms with E-state index in [1.807, 2.05) is 115 Å². The van der Waals surface area contributed by atoms with Crippen molar-refractivity contribution in [1.82, 2.24) is 0 Å². The summed E-state index contributed by atoms with van der Waals surface area (Å²) in [5, 5.41) is 0. The molecule has 0 aromatic heterocycles. The number of ether oxygens (including phenoxy) is 3. The van der Waals surface area contributed by atoms with Crippen molar-refractivity contribution in [2.24, 2.45) is 0 Å². The molecule has 0 spiro atoms. The van der Waals surface area contributed by atoms with E-state index in [1.165, 1.54) is 103 Å². The van der Waals surface area contributed by atoms with E-state index in [9.17, 15) is 14.4 Å². The van der Waals surface area contributed by atoms with E-state index in [1.54, 1.807) is 0 Å². The summed E-state index contributed by atoms with van der Waals surface area (Å²) in [6.07, 6.45) is 75.9. The third-order valence-electron chi connectivity index (χ3n) is 10.9. The lowest BCUT2D eigenvalue weighted by atomic mass is 10.0. The van der Waals surface area contributed by atoms with Gasteiger partial charge in [0.1, 0.15) is 13.2 Å². The SMILES string of the molecule is CC/C=C/C=C/C=C/C=C/C=C/C=C/CCCCCC(=O)OC(COC(=O)CCC/C=C/C=C/C=C/C=C/C=C/CC)COC(=O)CCCCCCCCCCCCCCCCCCCCC. The zero-order valence-corrected chi connectivity index (χ0v) is 42.9. The van der Waals surface area contributed by atoms with Crippen LogP contribution in [0, 0.1) is 0 Å². The van der Waals surface area contributed by atoms with Crippen LogP contribution in [0.2, 0.25) is 0 Å². The van der Waals surface area contributed by atoms with Crippen LogP contribution in [-0.2, 0) is 28.6 Å². The summed E-state index contributed by atoms with van der Waals surface area (Å²) < 4.78 is 16.7. The molecule has 376 valence electrons. The molecule has 0 aromatic rings. The third-order valence-corrected chi connectivity index (χ3v) is 10.9. The first-order chi connectivity index (χ1) is 33.0. The molecule has 6 heteroatoms. The van der Waals surface area contributed by atoms with Gasteiger partial charge in [-0.25, -0.2) is 0 Å². The summed E-state index contributed by atoms with van der Waals surface area (Å²) >= 11 is 0. The molecule has 0 fully saturated rings. The monoisotopic (exact) mass is 925 g/mol. The van der Waals surface area contributed by atoms with Gasteiger partial charge in [0.2, 0.25) is 0 Å². The van der Waals surface area contributed by atoms with Crippen LogP contribution in [0.25, 0.3) is 0 Å². The summed E-state index contributed by atoms with van der Waals surface area (Å²) in [7, 11) is 0. The van der Waals surface area contributed by atoms with E-state index < -0.39 is 6.10 Å². The number of hydrogen-bond acceptors (Lipinski definition) is 6. The number of esters is 3. The molecule has 0 amide bonds. The Balaban J connectivity index is 4.53. The van der Waals surface area contributed by atoms with E-state index in [0.29, 0.717) is 19.3 Å². The van der Waals surface area contributed by atoms with Gasteiger partial charge < -0.3 is 14.2 Å². The van der Waals surface area contributed by atoms with Gasteiger partial charge in [-0.3, -0.25) is 14.4 Å². The molecular weight excluding hydrogens is 829 g/mol. The lowest BCUT2D eigenvalue weighted by molar-refractivity contribution is -0.167. The highest BCUT2D eigenvalue weighted by molar-refractivity contribution is 5.71. The molecule has 6 nitrogen and oxygen atoms in total. The molecule has 1 unspecified atom stereocenters. The van der Waals surface area contributed by atoms with Gasteiger partial charge in [-0.1, -0.05) is 276 Å². The minimum Gasteiger partial charge on any atom is -0.462 e. The van der Waals surface area contributed by atoms with Crippen molar-refractivity contribution >= 4 is 17.9 Å². The summed E-state index contributed by atoms with van der Waals surface area (Å²) in [4.78, 5) is 38.0. The van der Waals surface area contributed by atoms with Crippen molar-refractivity contribution in [1.29, 1.82) is 0 Å². The average Bonchev–Trinajstić information content (AvgIpc) is 3.33. The molecule has 0 saturated heterocycles. The number of carbonyl (C=O) groups excluding carboxylic acids is 3. The fourth-order valence-electron chi connectivity index (χ4n) is 6.97. The number of unbranched alkanes of at least 4 members (excludes halogenated alkanes) is 22. The molecule has 1 atom stereocenters. The van der Waals surface area contributed by atoms with E-state index in [0.717, 1.165) is 57.8 Å². The minimum absolute atomic E-state index is 0.122. The third kappa shape index (κ3) is 52.4. The van der Waals surface area contributed by atoms with Gasteiger partial charge in [-0.15, -0.1) is 0 Å². The predicted molar refractivity (Wildman–Crippen MR) is 288 cm³/mol. The first-order valence-electron chi connectivity index (χ1n) is 26.8. The largest absolute Gasteiger partial charge is 0.462 e. The Bertz CT molecular complexity index is 1480. The van der Waals surface area contributed by atoms with Crippen molar-refractivity contribution in [3.05, 3.63) is 134 Å². The van der Waals surface area contributed by atoms with Gasteiger partial charge in [-0.2, -0.15) is 0 Å². The van der Waals surface area contributed by atoms with Crippen LogP contribution in [0.4, 0.5) is 0 Å². The molecule has 0 aliphatic heterocycles. The number of hydrogen-bond donors (Lipinski definition) is 0. The lowest BCUT2D eigenvalue weighted by Gasteiger charge is -2.18. The van der Waals surface area contributed by atoms with Crippen molar-refractivity contribution < 1.29 is 28.6 Å². The molecule has 0 radical (unpaired) electrons. The Kier molecular flexibility index (Phi) is 50.6. The molecule has 0 aliphatic rings. The highest BCUT2D eigenvalue weighted by Gasteiger charge is 2.19. The Morgan fingerprint density at radius 2 is 0.597 bits per heavy atom. The Morgan fingerprint density at radius 3 is 0.970 bits per heavy atom. The predicted octanol–water partition coefficient (Wildman–Crippen LogP) is 17.9. The van der Waals surface area contributed by atoms with Gasteiger partial charge in [0, 0.05) is 19.3 Å². The highest BCUT2D eigenvalue weighted by Crippen LogP contribution is 2.15. The van der Waals surface area contributed by atoms with E-state index in [2.05, 4.69) is 39.0 Å². The van der Waals surface area contributed by atoms with Crippen LogP contribution in [0.5, 0.6) is 0 Å². The lowest BCUT2D eigenvalue weighted by Crippen LogP contribution is -2.30. The van der Waals surface area contributed by atoms with E-state index in [-0.39, 0.29) is 44.0 Å². The maximum absolute atomic E-state index is 12.8. The molecule has 0 aromatic carbocycles. The van der Waals surface area contributed by atoms with Crippen LogP contribution in [-0.4, -0.2) is 37.2 Å². The zero-order chi connectivity index (χ0) is 48.6. The molecular formula is C61H96O6. The molecule has 0 N–H and O–H groups in total. The first-order valence-corrected chi connectivity index (χ1v) is 26.8. The molecule has 0 rings (SSSR count). The van der Waals surface area contributed by atoms with Gasteiger partial charge in [0.25, 0.3) is 0 Å². The summed E-state index contributed by atoms with van der Waals surface area (Å²) in [5.41, 5.74) is 0. The zero-order valence-electron chi connectivity index (χ0n) is 42.9. The molecule has 0 heterocycles. The second kappa shape index (κ2) is 54.2. The molecule has 0 saturated carbocycles. The maximum atomic E-state index is 12.8. The normalized spacial score (nSPS) is 13.2. The van der Waals surface area contributed by atoms with Crippen LogP contribution in [0.15, 0.2) is 134 Å². The van der Waals surface area contributed by atoms with Crippen molar-refractivity contribution in [2.45, 2.75) is 219 Å². The summed E-state index contributed by atoms with van der Waals surface area (Å²) in [6.45, 7) is 6.24. The van der Waals surface area contributed by atoms with Crippen molar-refractivity contribution in [3.8, 4) is 0 Å². The summed E-state index contributed by atoms with van der Waals surface area (Å²) in [5.74, 6) is -1.05. The van der Waals surface area contributed by atoms with Gasteiger partial charge in [0.15, 0.2) is 6.10 Å². The van der Waals surface area contributed by atoms with Crippen LogP contribution < -0.4 is 0 Å². The highest BCUT2D eigenvalue weighted by atomic mass is 16.6.